The molecule has 1 heterocycles. The average Bonchev–Trinajstić information content (AvgIpc) is 2.65. The van der Waals surface area contributed by atoms with Crippen LogP contribution in [0, 0.1) is 0 Å². The molecular formula is C17H28N2O2. The molecule has 0 aromatic heterocycles. The Kier molecular flexibility index (Phi) is 6.03. The van der Waals surface area contributed by atoms with Gasteiger partial charge in [0.2, 0.25) is 0 Å². The van der Waals surface area contributed by atoms with Crippen molar-refractivity contribution in [3.63, 3.8) is 0 Å². The largest absolute Gasteiger partial charge is 0.494 e. The topological polar surface area (TPSA) is 47.7 Å². The third-order valence-corrected chi connectivity index (χ3v) is 3.84. The molecule has 4 nitrogen and oxygen atoms in total. The quantitative estimate of drug-likeness (QED) is 0.906. The third-order valence-electron chi connectivity index (χ3n) is 3.84. The summed E-state index contributed by atoms with van der Waals surface area (Å²) in [5.74, 6) is 0.972. The van der Waals surface area contributed by atoms with E-state index < -0.39 is 0 Å². The highest BCUT2D eigenvalue weighted by molar-refractivity contribution is 5.38. The highest BCUT2D eigenvalue weighted by atomic mass is 16.5. The van der Waals surface area contributed by atoms with Gasteiger partial charge >= 0.3 is 0 Å². The molecule has 0 aliphatic carbocycles. The molecule has 2 rings (SSSR count). The molecule has 1 aliphatic rings. The molecular weight excluding hydrogens is 264 g/mol. The minimum Gasteiger partial charge on any atom is -0.494 e. The van der Waals surface area contributed by atoms with Gasteiger partial charge in [0.1, 0.15) is 5.75 Å². The highest BCUT2D eigenvalue weighted by Gasteiger charge is 2.17. The summed E-state index contributed by atoms with van der Waals surface area (Å²) in [6.45, 7) is 10.6. The number of benzene rings is 1. The number of rotatable bonds is 5. The van der Waals surface area contributed by atoms with Crippen molar-refractivity contribution in [3.8, 4) is 5.75 Å². The Hall–Kier alpha value is -1.10. The molecule has 2 unspecified atom stereocenters. The lowest BCUT2D eigenvalue weighted by Crippen LogP contribution is -2.30. The maximum absolute atomic E-state index is 6.01. The summed E-state index contributed by atoms with van der Waals surface area (Å²) in [6.07, 6.45) is 1.38. The van der Waals surface area contributed by atoms with E-state index in [1.54, 1.807) is 0 Å². The second kappa shape index (κ2) is 7.78. The Bertz CT molecular complexity index is 448. The molecule has 2 N–H and O–H groups in total. The van der Waals surface area contributed by atoms with Gasteiger partial charge in [-0.3, -0.25) is 4.90 Å². The second-order valence-corrected chi connectivity index (χ2v) is 5.86. The lowest BCUT2D eigenvalue weighted by atomic mass is 10.0. The van der Waals surface area contributed by atoms with Gasteiger partial charge in [-0.1, -0.05) is 6.07 Å². The van der Waals surface area contributed by atoms with Crippen molar-refractivity contribution in [1.82, 2.24) is 4.90 Å². The van der Waals surface area contributed by atoms with Crippen LogP contribution in [0.1, 0.15) is 44.4 Å². The van der Waals surface area contributed by atoms with E-state index in [0.29, 0.717) is 12.7 Å². The summed E-state index contributed by atoms with van der Waals surface area (Å²) in [5, 5.41) is 0. The SMILES string of the molecule is CCOc1ccc(C(C)N)cc1CN1CCCOC(C)C1. The van der Waals surface area contributed by atoms with Crippen LogP contribution in [0.2, 0.25) is 0 Å². The van der Waals surface area contributed by atoms with Gasteiger partial charge in [0, 0.05) is 37.8 Å². The first kappa shape index (κ1) is 16.3. The van der Waals surface area contributed by atoms with E-state index in [1.807, 2.05) is 13.8 Å². The molecule has 118 valence electrons. The lowest BCUT2D eigenvalue weighted by Gasteiger charge is -2.23. The lowest BCUT2D eigenvalue weighted by molar-refractivity contribution is 0.0666. The van der Waals surface area contributed by atoms with Crippen LogP contribution in [0.15, 0.2) is 18.2 Å². The zero-order chi connectivity index (χ0) is 15.2. The summed E-state index contributed by atoms with van der Waals surface area (Å²) in [5.41, 5.74) is 8.40. The Morgan fingerprint density at radius 2 is 2.29 bits per heavy atom. The normalized spacial score (nSPS) is 21.8. The predicted molar refractivity (Wildman–Crippen MR) is 85.5 cm³/mol. The molecule has 0 radical (unpaired) electrons. The van der Waals surface area contributed by atoms with E-state index in [-0.39, 0.29) is 6.04 Å². The van der Waals surface area contributed by atoms with Crippen molar-refractivity contribution in [3.05, 3.63) is 29.3 Å². The zero-order valence-corrected chi connectivity index (χ0v) is 13.5. The van der Waals surface area contributed by atoms with Crippen LogP contribution < -0.4 is 10.5 Å². The van der Waals surface area contributed by atoms with Gasteiger partial charge in [0.15, 0.2) is 0 Å². The Morgan fingerprint density at radius 3 is 3.00 bits per heavy atom. The maximum atomic E-state index is 6.01. The van der Waals surface area contributed by atoms with Crippen molar-refractivity contribution in [1.29, 1.82) is 0 Å². The molecule has 2 atom stereocenters. The standard InChI is InChI=1S/C17H28N2O2/c1-4-20-17-7-6-15(14(3)18)10-16(17)12-19-8-5-9-21-13(2)11-19/h6-7,10,13-14H,4-5,8-9,11-12,18H2,1-3H3. The molecule has 4 heteroatoms. The number of nitrogens with two attached hydrogens (primary N) is 1. The number of hydrogen-bond acceptors (Lipinski definition) is 4. The van der Waals surface area contributed by atoms with Crippen molar-refractivity contribution in [2.45, 2.75) is 45.9 Å². The molecule has 0 spiro atoms. The Labute approximate surface area is 128 Å². The van der Waals surface area contributed by atoms with Gasteiger partial charge in [-0.15, -0.1) is 0 Å². The van der Waals surface area contributed by atoms with Crippen LogP contribution in [-0.4, -0.2) is 37.3 Å². The number of nitrogens with zero attached hydrogens (tertiary/aromatic N) is 1. The van der Waals surface area contributed by atoms with Crippen LogP contribution in [-0.2, 0) is 11.3 Å². The van der Waals surface area contributed by atoms with Crippen molar-refractivity contribution in [2.24, 2.45) is 5.73 Å². The first-order valence-corrected chi connectivity index (χ1v) is 7.95. The second-order valence-electron chi connectivity index (χ2n) is 5.86. The van der Waals surface area contributed by atoms with E-state index >= 15 is 0 Å². The van der Waals surface area contributed by atoms with Crippen molar-refractivity contribution >= 4 is 0 Å². The Balaban J connectivity index is 2.16. The third kappa shape index (κ3) is 4.70. The van der Waals surface area contributed by atoms with Crippen molar-refractivity contribution in [2.75, 3.05) is 26.3 Å². The van der Waals surface area contributed by atoms with Crippen LogP contribution in [0.3, 0.4) is 0 Å². The van der Waals surface area contributed by atoms with E-state index in [4.69, 9.17) is 15.2 Å². The van der Waals surface area contributed by atoms with Gasteiger partial charge in [0.25, 0.3) is 0 Å². The molecule has 0 saturated carbocycles. The molecule has 21 heavy (non-hydrogen) atoms. The molecule has 1 aromatic rings. The van der Waals surface area contributed by atoms with Crippen LogP contribution >= 0.6 is 0 Å². The molecule has 1 saturated heterocycles. The first-order valence-electron chi connectivity index (χ1n) is 7.95. The molecule has 1 fully saturated rings. The van der Waals surface area contributed by atoms with Crippen LogP contribution in [0.25, 0.3) is 0 Å². The monoisotopic (exact) mass is 292 g/mol. The van der Waals surface area contributed by atoms with E-state index in [0.717, 1.165) is 44.0 Å². The van der Waals surface area contributed by atoms with Gasteiger partial charge in [-0.2, -0.15) is 0 Å². The van der Waals surface area contributed by atoms with Gasteiger partial charge in [-0.05, 0) is 44.9 Å². The summed E-state index contributed by atoms with van der Waals surface area (Å²) >= 11 is 0. The fourth-order valence-electron chi connectivity index (χ4n) is 2.77. The number of ether oxygens (including phenoxy) is 2. The zero-order valence-electron chi connectivity index (χ0n) is 13.5. The fourth-order valence-corrected chi connectivity index (χ4v) is 2.77. The predicted octanol–water partition coefficient (Wildman–Crippen LogP) is 2.72. The van der Waals surface area contributed by atoms with Gasteiger partial charge in [0.05, 0.1) is 12.7 Å². The Morgan fingerprint density at radius 1 is 1.48 bits per heavy atom. The number of hydrogen-bond donors (Lipinski definition) is 1. The highest BCUT2D eigenvalue weighted by Crippen LogP contribution is 2.25. The van der Waals surface area contributed by atoms with Crippen LogP contribution in [0.5, 0.6) is 5.75 Å². The smallest absolute Gasteiger partial charge is 0.123 e. The van der Waals surface area contributed by atoms with Crippen molar-refractivity contribution < 1.29 is 9.47 Å². The summed E-state index contributed by atoms with van der Waals surface area (Å²) < 4.78 is 11.5. The minimum atomic E-state index is 0.0471. The average molecular weight is 292 g/mol. The molecule has 1 aromatic carbocycles. The van der Waals surface area contributed by atoms with Gasteiger partial charge < -0.3 is 15.2 Å². The molecule has 1 aliphatic heterocycles. The maximum Gasteiger partial charge on any atom is 0.123 e. The van der Waals surface area contributed by atoms with E-state index in [1.165, 1.54) is 5.56 Å². The van der Waals surface area contributed by atoms with Crippen LogP contribution in [0.4, 0.5) is 0 Å². The fraction of sp³-hybridized carbons (Fsp3) is 0.647. The summed E-state index contributed by atoms with van der Waals surface area (Å²) in [4.78, 5) is 2.44. The first-order chi connectivity index (χ1) is 10.1. The molecule has 0 amide bonds. The van der Waals surface area contributed by atoms with E-state index in [9.17, 15) is 0 Å². The molecule has 0 bridgehead atoms. The van der Waals surface area contributed by atoms with Gasteiger partial charge in [-0.25, -0.2) is 0 Å². The van der Waals surface area contributed by atoms with E-state index in [2.05, 4.69) is 30.0 Å². The minimum absolute atomic E-state index is 0.0471. The summed E-state index contributed by atoms with van der Waals surface area (Å²) in [6, 6.07) is 6.35. The summed E-state index contributed by atoms with van der Waals surface area (Å²) in [7, 11) is 0.